The Kier molecular flexibility index (Phi) is 6.28. The van der Waals surface area contributed by atoms with Gasteiger partial charge in [0.05, 0.1) is 6.61 Å². The number of pyridine rings is 1. The van der Waals surface area contributed by atoms with E-state index in [-0.39, 0.29) is 11.6 Å². The first-order valence-corrected chi connectivity index (χ1v) is 6.08. The number of halogens is 1. The Bertz CT molecular complexity index is 383. The molecule has 0 aliphatic rings. The maximum atomic E-state index is 12.8. The van der Waals surface area contributed by atoms with Crippen molar-refractivity contribution in [3.05, 3.63) is 29.8 Å². The molecule has 18 heavy (non-hydrogen) atoms. The van der Waals surface area contributed by atoms with E-state index in [0.717, 1.165) is 6.42 Å². The second kappa shape index (κ2) is 7.76. The molecule has 1 heterocycles. The summed E-state index contributed by atoms with van der Waals surface area (Å²) in [7, 11) is 0. The molecule has 4 nitrogen and oxygen atoms in total. The van der Waals surface area contributed by atoms with E-state index in [4.69, 9.17) is 4.74 Å². The van der Waals surface area contributed by atoms with Crippen LogP contribution >= 0.6 is 0 Å². The number of nitrogens with one attached hydrogen (secondary N) is 1. The number of rotatable bonds is 7. The molecule has 0 aliphatic heterocycles. The van der Waals surface area contributed by atoms with Gasteiger partial charge in [0.15, 0.2) is 0 Å². The predicted molar refractivity (Wildman–Crippen MR) is 66.8 cm³/mol. The third kappa shape index (κ3) is 5.72. The normalized spacial score (nSPS) is 10.7. The third-order valence-electron chi connectivity index (χ3n) is 2.32. The number of hydrogen-bond donors (Lipinski definition) is 1. The topological polar surface area (TPSA) is 51.2 Å². The summed E-state index contributed by atoms with van der Waals surface area (Å²) in [6, 6.07) is 4.13. The van der Waals surface area contributed by atoms with Crippen LogP contribution < -0.4 is 5.32 Å². The van der Waals surface area contributed by atoms with Crippen LogP contribution in [0.1, 0.15) is 30.8 Å². The largest absolute Gasteiger partial charge is 0.380 e. The van der Waals surface area contributed by atoms with Crippen molar-refractivity contribution in [2.24, 2.45) is 5.92 Å². The van der Waals surface area contributed by atoms with Crippen molar-refractivity contribution in [1.29, 1.82) is 0 Å². The summed E-state index contributed by atoms with van der Waals surface area (Å²) in [5, 5.41) is 2.62. The second-order valence-corrected chi connectivity index (χ2v) is 4.40. The van der Waals surface area contributed by atoms with Crippen molar-refractivity contribution in [3.8, 4) is 0 Å². The van der Waals surface area contributed by atoms with Crippen LogP contribution in [0.15, 0.2) is 18.2 Å². The molecule has 0 radical (unpaired) electrons. The Morgan fingerprint density at radius 3 is 2.89 bits per heavy atom. The molecule has 0 unspecified atom stereocenters. The Balaban J connectivity index is 2.18. The van der Waals surface area contributed by atoms with Gasteiger partial charge in [-0.25, -0.2) is 4.98 Å². The van der Waals surface area contributed by atoms with Gasteiger partial charge in [0, 0.05) is 13.2 Å². The van der Waals surface area contributed by atoms with Gasteiger partial charge in [-0.2, -0.15) is 4.39 Å². The highest BCUT2D eigenvalue weighted by Gasteiger charge is 2.06. The van der Waals surface area contributed by atoms with Gasteiger partial charge in [-0.15, -0.1) is 0 Å². The summed E-state index contributed by atoms with van der Waals surface area (Å²) in [4.78, 5) is 15.0. The van der Waals surface area contributed by atoms with Gasteiger partial charge in [-0.1, -0.05) is 19.9 Å². The molecule has 1 aromatic heterocycles. The number of aromatic nitrogens is 1. The summed E-state index contributed by atoms with van der Waals surface area (Å²) in [5.74, 6) is -0.436. The van der Waals surface area contributed by atoms with Gasteiger partial charge >= 0.3 is 0 Å². The van der Waals surface area contributed by atoms with Gasteiger partial charge in [0.1, 0.15) is 5.69 Å². The lowest BCUT2D eigenvalue weighted by molar-refractivity contribution is 0.0900. The van der Waals surface area contributed by atoms with Crippen LogP contribution in [0, 0.1) is 11.9 Å². The summed E-state index contributed by atoms with van der Waals surface area (Å²) in [6.07, 6.45) is 0.999. The molecule has 5 heteroatoms. The zero-order valence-corrected chi connectivity index (χ0v) is 10.8. The predicted octanol–water partition coefficient (Wildman–Crippen LogP) is 2.01. The molecule has 0 saturated heterocycles. The van der Waals surface area contributed by atoms with Crippen LogP contribution in [-0.4, -0.2) is 30.6 Å². The fourth-order valence-corrected chi connectivity index (χ4v) is 1.28. The zero-order chi connectivity index (χ0) is 13.4. The first-order chi connectivity index (χ1) is 8.59. The van der Waals surface area contributed by atoms with Gasteiger partial charge < -0.3 is 10.1 Å². The highest BCUT2D eigenvalue weighted by atomic mass is 19.1. The number of carbonyl (C=O) groups excluding carboxylic acids is 1. The number of hydrogen-bond acceptors (Lipinski definition) is 3. The first kappa shape index (κ1) is 14.6. The Morgan fingerprint density at radius 1 is 1.44 bits per heavy atom. The maximum absolute atomic E-state index is 12.8. The van der Waals surface area contributed by atoms with E-state index in [2.05, 4.69) is 24.1 Å². The molecule has 1 N–H and O–H groups in total. The fourth-order valence-electron chi connectivity index (χ4n) is 1.28. The van der Waals surface area contributed by atoms with E-state index in [9.17, 15) is 9.18 Å². The summed E-state index contributed by atoms with van der Waals surface area (Å²) >= 11 is 0. The highest BCUT2D eigenvalue weighted by molar-refractivity contribution is 5.92. The first-order valence-electron chi connectivity index (χ1n) is 6.08. The molecule has 0 aliphatic carbocycles. The van der Waals surface area contributed by atoms with E-state index in [1.165, 1.54) is 18.2 Å². The van der Waals surface area contributed by atoms with Crippen LogP contribution in [0.3, 0.4) is 0 Å². The molecule has 1 aromatic rings. The Hall–Kier alpha value is -1.49. The zero-order valence-electron chi connectivity index (χ0n) is 10.8. The molecular formula is C13H19FN2O2. The smallest absolute Gasteiger partial charge is 0.270 e. The molecule has 0 atom stereocenters. The van der Waals surface area contributed by atoms with E-state index in [0.29, 0.717) is 25.7 Å². The van der Waals surface area contributed by atoms with Crippen LogP contribution in [0.4, 0.5) is 4.39 Å². The number of amides is 1. The maximum Gasteiger partial charge on any atom is 0.270 e. The molecule has 1 amide bonds. The molecule has 0 aromatic carbocycles. The second-order valence-electron chi connectivity index (χ2n) is 4.40. The minimum atomic E-state index is -0.657. The average molecular weight is 254 g/mol. The molecule has 1 rings (SSSR count). The fraction of sp³-hybridized carbons (Fsp3) is 0.538. The summed E-state index contributed by atoms with van der Waals surface area (Å²) in [5.41, 5.74) is 0.0807. The van der Waals surface area contributed by atoms with Gasteiger partial charge in [-0.05, 0) is 24.5 Å². The van der Waals surface area contributed by atoms with Crippen LogP contribution in [-0.2, 0) is 4.74 Å². The third-order valence-corrected chi connectivity index (χ3v) is 2.32. The standard InChI is InChI=1S/C13H19FN2O2/c1-10(2)6-8-18-9-7-15-13(17)11-4-3-5-12(14)16-11/h3-5,10H,6-9H2,1-2H3,(H,15,17). The highest BCUT2D eigenvalue weighted by Crippen LogP contribution is 1.99. The van der Waals surface area contributed by atoms with Crippen molar-refractivity contribution in [2.75, 3.05) is 19.8 Å². The van der Waals surface area contributed by atoms with E-state index in [1.807, 2.05) is 0 Å². The van der Waals surface area contributed by atoms with Gasteiger partial charge in [0.2, 0.25) is 5.95 Å². The average Bonchev–Trinajstić information content (AvgIpc) is 2.33. The van der Waals surface area contributed by atoms with Crippen LogP contribution in [0.2, 0.25) is 0 Å². The Morgan fingerprint density at radius 2 is 2.22 bits per heavy atom. The van der Waals surface area contributed by atoms with E-state index in [1.54, 1.807) is 0 Å². The van der Waals surface area contributed by atoms with Crippen molar-refractivity contribution >= 4 is 5.91 Å². The lowest BCUT2D eigenvalue weighted by Gasteiger charge is -2.07. The molecule has 100 valence electrons. The summed E-state index contributed by atoms with van der Waals surface area (Å²) in [6.45, 7) is 5.79. The molecule has 0 spiro atoms. The quantitative estimate of drug-likeness (QED) is 0.598. The SMILES string of the molecule is CC(C)CCOCCNC(=O)c1cccc(F)n1. The van der Waals surface area contributed by atoms with Crippen molar-refractivity contribution < 1.29 is 13.9 Å². The minimum Gasteiger partial charge on any atom is -0.380 e. The number of carbonyl (C=O) groups is 1. The van der Waals surface area contributed by atoms with Crippen molar-refractivity contribution in [2.45, 2.75) is 20.3 Å². The van der Waals surface area contributed by atoms with E-state index >= 15 is 0 Å². The molecule has 0 fully saturated rings. The molecule has 0 bridgehead atoms. The van der Waals surface area contributed by atoms with Crippen LogP contribution in [0.25, 0.3) is 0 Å². The van der Waals surface area contributed by atoms with Gasteiger partial charge in [-0.3, -0.25) is 4.79 Å². The summed E-state index contributed by atoms with van der Waals surface area (Å²) < 4.78 is 18.1. The molecular weight excluding hydrogens is 235 g/mol. The lowest BCUT2D eigenvalue weighted by Crippen LogP contribution is -2.28. The minimum absolute atomic E-state index is 0.0807. The monoisotopic (exact) mass is 254 g/mol. The number of nitrogens with zero attached hydrogens (tertiary/aromatic N) is 1. The van der Waals surface area contributed by atoms with Crippen molar-refractivity contribution in [3.63, 3.8) is 0 Å². The molecule has 0 saturated carbocycles. The Labute approximate surface area is 107 Å². The number of ether oxygens (including phenoxy) is 1. The van der Waals surface area contributed by atoms with Gasteiger partial charge in [0.25, 0.3) is 5.91 Å². The lowest BCUT2D eigenvalue weighted by atomic mass is 10.1. The van der Waals surface area contributed by atoms with E-state index < -0.39 is 5.95 Å². The van der Waals surface area contributed by atoms with Crippen LogP contribution in [0.5, 0.6) is 0 Å². The van der Waals surface area contributed by atoms with Crippen molar-refractivity contribution in [1.82, 2.24) is 10.3 Å².